The second-order valence-corrected chi connectivity index (χ2v) is 8.78. The number of carboxylic acid groups (broad SMARTS) is 1. The van der Waals surface area contributed by atoms with E-state index in [9.17, 15) is 29.4 Å². The van der Waals surface area contributed by atoms with E-state index in [1.54, 1.807) is 19.1 Å². The number of hydrogen-bond acceptors (Lipinski definition) is 6. The molecule has 1 rings (SSSR count). The van der Waals surface area contributed by atoms with E-state index in [0.717, 1.165) is 0 Å². The molecular formula is C24H38N4O6. The van der Waals surface area contributed by atoms with Crippen LogP contribution in [0.15, 0.2) is 24.3 Å². The second-order valence-electron chi connectivity index (χ2n) is 8.78. The predicted molar refractivity (Wildman–Crippen MR) is 128 cm³/mol. The van der Waals surface area contributed by atoms with Crippen molar-refractivity contribution in [3.05, 3.63) is 29.8 Å². The molecule has 0 aliphatic carbocycles. The van der Waals surface area contributed by atoms with Crippen LogP contribution in [0.2, 0.25) is 0 Å². The molecule has 10 nitrogen and oxygen atoms in total. The zero-order valence-corrected chi connectivity index (χ0v) is 20.5. The number of aromatic hydroxyl groups is 1. The third-order valence-corrected chi connectivity index (χ3v) is 6.10. The molecule has 6 unspecified atom stereocenters. The first-order chi connectivity index (χ1) is 15.9. The van der Waals surface area contributed by atoms with Gasteiger partial charge in [0.15, 0.2) is 0 Å². The summed E-state index contributed by atoms with van der Waals surface area (Å²) in [6.07, 6.45) is 1.26. The smallest absolute Gasteiger partial charge is 0.326 e. The number of nitrogens with two attached hydrogens (primary N) is 1. The minimum Gasteiger partial charge on any atom is -0.508 e. The Labute approximate surface area is 200 Å². The Hall–Kier alpha value is -3.14. The number of hydrogen-bond donors (Lipinski definition) is 6. The molecule has 0 spiro atoms. The number of nitrogens with one attached hydrogen (secondary N) is 3. The van der Waals surface area contributed by atoms with Crippen molar-refractivity contribution in [1.82, 2.24) is 16.0 Å². The van der Waals surface area contributed by atoms with Crippen LogP contribution in [0.5, 0.6) is 5.75 Å². The number of carbonyl (C=O) groups excluding carboxylic acids is 3. The van der Waals surface area contributed by atoms with E-state index in [0.29, 0.717) is 18.4 Å². The lowest BCUT2D eigenvalue weighted by molar-refractivity contribution is -0.142. The van der Waals surface area contributed by atoms with Gasteiger partial charge < -0.3 is 31.9 Å². The number of carbonyl (C=O) groups is 4. The number of rotatable bonds is 13. The Morgan fingerprint density at radius 2 is 1.41 bits per heavy atom. The molecule has 10 heteroatoms. The Kier molecular flexibility index (Phi) is 11.5. The fourth-order valence-corrected chi connectivity index (χ4v) is 3.20. The predicted octanol–water partition coefficient (Wildman–Crippen LogP) is 0.913. The number of amides is 3. The molecule has 0 bridgehead atoms. The highest BCUT2D eigenvalue weighted by Crippen LogP contribution is 2.13. The molecule has 6 atom stereocenters. The van der Waals surface area contributed by atoms with Gasteiger partial charge in [0.25, 0.3) is 0 Å². The molecule has 0 aliphatic heterocycles. The van der Waals surface area contributed by atoms with Crippen molar-refractivity contribution in [2.45, 2.75) is 78.0 Å². The van der Waals surface area contributed by atoms with Gasteiger partial charge in [-0.2, -0.15) is 0 Å². The number of carboxylic acids is 1. The van der Waals surface area contributed by atoms with E-state index in [4.69, 9.17) is 5.73 Å². The van der Waals surface area contributed by atoms with Gasteiger partial charge in [-0.3, -0.25) is 14.4 Å². The lowest BCUT2D eigenvalue weighted by atomic mass is 9.96. The fraction of sp³-hybridized carbons (Fsp3) is 0.583. The first kappa shape index (κ1) is 28.9. The van der Waals surface area contributed by atoms with E-state index < -0.39 is 47.9 Å². The maximum absolute atomic E-state index is 13.0. The summed E-state index contributed by atoms with van der Waals surface area (Å²) < 4.78 is 0. The summed E-state index contributed by atoms with van der Waals surface area (Å²) in [4.78, 5) is 49.8. The van der Waals surface area contributed by atoms with Gasteiger partial charge in [0.1, 0.15) is 23.9 Å². The standard InChI is InChI=1S/C24H38N4O6/c1-6-13(3)19(25)22(31)26-15(5)21(30)28-20(14(4)7-2)23(32)27-18(24(33)34)12-16-8-10-17(29)11-9-16/h8-11,13-15,18-20,29H,6-7,12,25H2,1-5H3,(H,26,31)(H,27,32)(H,28,30)(H,33,34). The molecule has 0 saturated heterocycles. The molecule has 0 radical (unpaired) electrons. The average molecular weight is 479 g/mol. The van der Waals surface area contributed by atoms with E-state index in [2.05, 4.69) is 16.0 Å². The molecular weight excluding hydrogens is 440 g/mol. The minimum atomic E-state index is -1.23. The highest BCUT2D eigenvalue weighted by atomic mass is 16.4. The zero-order valence-electron chi connectivity index (χ0n) is 20.5. The number of phenolic OH excluding ortho intramolecular Hbond substituents is 1. The molecule has 0 fully saturated rings. The molecule has 1 aromatic rings. The number of phenols is 1. The molecule has 190 valence electrons. The highest BCUT2D eigenvalue weighted by Gasteiger charge is 2.32. The average Bonchev–Trinajstić information content (AvgIpc) is 2.81. The first-order valence-electron chi connectivity index (χ1n) is 11.6. The molecule has 0 saturated carbocycles. The summed E-state index contributed by atoms with van der Waals surface area (Å²) in [5.41, 5.74) is 6.53. The van der Waals surface area contributed by atoms with Crippen LogP contribution in [0.25, 0.3) is 0 Å². The Balaban J connectivity index is 2.88. The van der Waals surface area contributed by atoms with Crippen LogP contribution in [0.4, 0.5) is 0 Å². The van der Waals surface area contributed by atoms with Gasteiger partial charge in [-0.05, 0) is 36.5 Å². The summed E-state index contributed by atoms with van der Waals surface area (Å²) in [5, 5.41) is 26.7. The van der Waals surface area contributed by atoms with Gasteiger partial charge in [0, 0.05) is 6.42 Å². The summed E-state index contributed by atoms with van der Waals surface area (Å²) in [5.74, 6) is -3.20. The van der Waals surface area contributed by atoms with Crippen molar-refractivity contribution in [2.24, 2.45) is 17.6 Å². The lowest BCUT2D eigenvalue weighted by Crippen LogP contribution is -2.58. The molecule has 7 N–H and O–H groups in total. The largest absolute Gasteiger partial charge is 0.508 e. The van der Waals surface area contributed by atoms with Crippen molar-refractivity contribution in [1.29, 1.82) is 0 Å². The monoisotopic (exact) mass is 478 g/mol. The van der Waals surface area contributed by atoms with E-state index in [-0.39, 0.29) is 24.0 Å². The Morgan fingerprint density at radius 1 is 0.853 bits per heavy atom. The maximum Gasteiger partial charge on any atom is 0.326 e. The molecule has 0 aromatic heterocycles. The van der Waals surface area contributed by atoms with Gasteiger partial charge in [0.05, 0.1) is 6.04 Å². The number of benzene rings is 1. The third kappa shape index (κ3) is 8.66. The van der Waals surface area contributed by atoms with Crippen LogP contribution in [0, 0.1) is 11.8 Å². The van der Waals surface area contributed by atoms with Crippen molar-refractivity contribution < 1.29 is 29.4 Å². The molecule has 0 heterocycles. The van der Waals surface area contributed by atoms with Crippen LogP contribution in [0.1, 0.15) is 53.0 Å². The quantitative estimate of drug-likeness (QED) is 0.245. The van der Waals surface area contributed by atoms with Crippen LogP contribution in [-0.2, 0) is 25.6 Å². The van der Waals surface area contributed by atoms with Gasteiger partial charge in [-0.1, -0.05) is 52.7 Å². The van der Waals surface area contributed by atoms with Crippen LogP contribution in [0.3, 0.4) is 0 Å². The lowest BCUT2D eigenvalue weighted by Gasteiger charge is -2.27. The van der Waals surface area contributed by atoms with Crippen LogP contribution >= 0.6 is 0 Å². The van der Waals surface area contributed by atoms with Crippen molar-refractivity contribution in [2.75, 3.05) is 0 Å². The van der Waals surface area contributed by atoms with Gasteiger partial charge in [-0.25, -0.2) is 4.79 Å². The number of aliphatic carboxylic acids is 1. The normalized spacial score (nSPS) is 16.3. The summed E-state index contributed by atoms with van der Waals surface area (Å²) in [6.45, 7) is 8.86. The van der Waals surface area contributed by atoms with Gasteiger partial charge in [0.2, 0.25) is 17.7 Å². The second kappa shape index (κ2) is 13.5. The van der Waals surface area contributed by atoms with E-state index in [1.807, 2.05) is 20.8 Å². The van der Waals surface area contributed by atoms with Crippen molar-refractivity contribution >= 4 is 23.7 Å². The molecule has 0 aliphatic rings. The molecule has 1 aromatic carbocycles. The van der Waals surface area contributed by atoms with Gasteiger partial charge in [-0.15, -0.1) is 0 Å². The zero-order chi connectivity index (χ0) is 26.0. The van der Waals surface area contributed by atoms with Crippen LogP contribution < -0.4 is 21.7 Å². The van der Waals surface area contributed by atoms with Gasteiger partial charge >= 0.3 is 5.97 Å². The van der Waals surface area contributed by atoms with E-state index >= 15 is 0 Å². The summed E-state index contributed by atoms with van der Waals surface area (Å²) >= 11 is 0. The summed E-state index contributed by atoms with van der Waals surface area (Å²) in [7, 11) is 0. The molecule has 34 heavy (non-hydrogen) atoms. The fourth-order valence-electron chi connectivity index (χ4n) is 3.20. The van der Waals surface area contributed by atoms with Crippen molar-refractivity contribution in [3.63, 3.8) is 0 Å². The topological polar surface area (TPSA) is 171 Å². The highest BCUT2D eigenvalue weighted by molar-refractivity contribution is 5.94. The molecule has 3 amide bonds. The maximum atomic E-state index is 13.0. The van der Waals surface area contributed by atoms with E-state index in [1.165, 1.54) is 19.1 Å². The first-order valence-corrected chi connectivity index (χ1v) is 11.6. The van der Waals surface area contributed by atoms with Crippen molar-refractivity contribution in [3.8, 4) is 5.75 Å². The van der Waals surface area contributed by atoms with Crippen LogP contribution in [-0.4, -0.2) is 58.1 Å². The third-order valence-electron chi connectivity index (χ3n) is 6.10. The summed E-state index contributed by atoms with van der Waals surface area (Å²) in [6, 6.07) is 2.08. The minimum absolute atomic E-state index is 0.00247. The Bertz CT molecular complexity index is 844. The Morgan fingerprint density at radius 3 is 1.91 bits per heavy atom. The SMILES string of the molecule is CCC(C)C(N)C(=O)NC(C)C(=O)NC(C(=O)NC(Cc1ccc(O)cc1)C(=O)O)C(C)CC.